The SMILES string of the molecule is CCCCCCCCc1ccc(NC(=O)NC2(CC(=O)OCC)CN(C(=O)OC(C)(C)C)C2)cc1. The molecule has 8 heteroatoms. The Kier molecular flexibility index (Phi) is 10.9. The van der Waals surface area contributed by atoms with Gasteiger partial charge in [-0.3, -0.25) is 4.79 Å². The van der Waals surface area contributed by atoms with E-state index in [-0.39, 0.29) is 26.1 Å². The van der Waals surface area contributed by atoms with E-state index in [4.69, 9.17) is 9.47 Å². The average Bonchev–Trinajstić information content (AvgIpc) is 2.74. The molecule has 35 heavy (non-hydrogen) atoms. The van der Waals surface area contributed by atoms with Crippen molar-refractivity contribution in [2.24, 2.45) is 0 Å². The predicted molar refractivity (Wildman–Crippen MR) is 137 cm³/mol. The standard InChI is InChI=1S/C27H43N3O5/c1-6-8-9-10-11-12-13-21-14-16-22(17-15-21)28-24(32)29-27(18-23(31)34-7-2)19-30(20-27)25(33)35-26(3,4)5/h14-17H,6-13,18-20H2,1-5H3,(H2,28,29,32). The Labute approximate surface area is 210 Å². The molecule has 0 radical (unpaired) electrons. The zero-order chi connectivity index (χ0) is 25.9. The minimum absolute atomic E-state index is 0.0231. The Bertz CT molecular complexity index is 826. The first-order valence-corrected chi connectivity index (χ1v) is 12.9. The molecule has 1 aromatic rings. The number of hydrogen-bond donors (Lipinski definition) is 2. The third-order valence-electron chi connectivity index (χ3n) is 5.84. The number of aryl methyl sites for hydroxylation is 1. The van der Waals surface area contributed by atoms with Gasteiger partial charge in [-0.2, -0.15) is 0 Å². The third-order valence-corrected chi connectivity index (χ3v) is 5.84. The smallest absolute Gasteiger partial charge is 0.410 e. The summed E-state index contributed by atoms with van der Waals surface area (Å²) in [5.41, 5.74) is 0.397. The molecule has 1 heterocycles. The van der Waals surface area contributed by atoms with E-state index < -0.39 is 29.2 Å². The molecule has 0 aromatic heterocycles. The van der Waals surface area contributed by atoms with E-state index >= 15 is 0 Å². The van der Waals surface area contributed by atoms with Gasteiger partial charge in [-0.05, 0) is 58.2 Å². The van der Waals surface area contributed by atoms with Crippen molar-refractivity contribution in [2.45, 2.75) is 97.1 Å². The van der Waals surface area contributed by atoms with E-state index in [9.17, 15) is 14.4 Å². The highest BCUT2D eigenvalue weighted by Crippen LogP contribution is 2.27. The van der Waals surface area contributed by atoms with Crippen LogP contribution in [0.25, 0.3) is 0 Å². The first-order chi connectivity index (χ1) is 16.6. The number of hydrogen-bond acceptors (Lipinski definition) is 5. The lowest BCUT2D eigenvalue weighted by Crippen LogP contribution is -2.72. The maximum absolute atomic E-state index is 12.7. The molecule has 1 saturated heterocycles. The molecule has 0 spiro atoms. The molecular weight excluding hydrogens is 446 g/mol. The normalized spacial score (nSPS) is 14.6. The third kappa shape index (κ3) is 10.2. The van der Waals surface area contributed by atoms with Gasteiger partial charge in [-0.25, -0.2) is 9.59 Å². The number of anilines is 1. The number of ether oxygens (including phenoxy) is 2. The molecule has 0 unspecified atom stereocenters. The van der Waals surface area contributed by atoms with Gasteiger partial charge in [0.25, 0.3) is 0 Å². The average molecular weight is 490 g/mol. The lowest BCUT2D eigenvalue weighted by Gasteiger charge is -2.49. The number of nitrogens with one attached hydrogen (secondary N) is 2. The monoisotopic (exact) mass is 489 g/mol. The minimum atomic E-state index is -0.898. The van der Waals surface area contributed by atoms with Crippen LogP contribution >= 0.6 is 0 Å². The van der Waals surface area contributed by atoms with E-state index in [1.165, 1.54) is 49.0 Å². The van der Waals surface area contributed by atoms with Gasteiger partial charge in [-0.15, -0.1) is 0 Å². The number of carbonyl (C=O) groups is 3. The van der Waals surface area contributed by atoms with Crippen LogP contribution in [-0.4, -0.2) is 53.8 Å². The van der Waals surface area contributed by atoms with Crippen LogP contribution in [-0.2, 0) is 20.7 Å². The van der Waals surface area contributed by atoms with Gasteiger partial charge in [0, 0.05) is 18.8 Å². The summed E-state index contributed by atoms with van der Waals surface area (Å²) in [5, 5.41) is 5.72. The number of unbranched alkanes of at least 4 members (excludes halogenated alkanes) is 5. The summed E-state index contributed by atoms with van der Waals surface area (Å²) < 4.78 is 10.5. The van der Waals surface area contributed by atoms with Crippen LogP contribution in [0.1, 0.15) is 85.1 Å². The fraction of sp³-hybridized carbons (Fsp3) is 0.667. The molecule has 2 N–H and O–H groups in total. The topological polar surface area (TPSA) is 97.0 Å². The number of esters is 1. The summed E-state index contributed by atoms with van der Waals surface area (Å²) in [5.74, 6) is -0.421. The molecule has 1 fully saturated rings. The van der Waals surface area contributed by atoms with Gasteiger partial charge in [0.1, 0.15) is 5.60 Å². The molecule has 0 bridgehead atoms. The second kappa shape index (κ2) is 13.4. The quantitative estimate of drug-likeness (QED) is 0.292. The summed E-state index contributed by atoms with van der Waals surface area (Å²) in [6.07, 6.45) is 8.10. The van der Waals surface area contributed by atoms with Crippen molar-refractivity contribution in [3.63, 3.8) is 0 Å². The molecule has 1 aliphatic heterocycles. The Morgan fingerprint density at radius 3 is 2.20 bits per heavy atom. The van der Waals surface area contributed by atoms with E-state index in [1.54, 1.807) is 27.7 Å². The van der Waals surface area contributed by atoms with Crippen molar-refractivity contribution in [1.29, 1.82) is 0 Å². The Hall–Kier alpha value is -2.77. The zero-order valence-electron chi connectivity index (χ0n) is 22.1. The number of likely N-dealkylation sites (tertiary alicyclic amines) is 1. The highest BCUT2D eigenvalue weighted by atomic mass is 16.6. The molecule has 0 atom stereocenters. The van der Waals surface area contributed by atoms with E-state index in [2.05, 4.69) is 17.6 Å². The number of nitrogens with zero attached hydrogens (tertiary/aromatic N) is 1. The minimum Gasteiger partial charge on any atom is -0.466 e. The number of urea groups is 1. The zero-order valence-corrected chi connectivity index (χ0v) is 22.1. The number of carbonyl (C=O) groups excluding carboxylic acids is 3. The van der Waals surface area contributed by atoms with Crippen LogP contribution in [0.2, 0.25) is 0 Å². The highest BCUT2D eigenvalue weighted by Gasteiger charge is 2.49. The first kappa shape index (κ1) is 28.5. The lowest BCUT2D eigenvalue weighted by molar-refractivity contribution is -0.146. The molecule has 1 aliphatic rings. The van der Waals surface area contributed by atoms with Crippen LogP contribution in [0.3, 0.4) is 0 Å². The summed E-state index contributed by atoms with van der Waals surface area (Å²) in [6.45, 7) is 9.93. The molecular formula is C27H43N3O5. The van der Waals surface area contributed by atoms with Gasteiger partial charge >= 0.3 is 18.1 Å². The Morgan fingerprint density at radius 1 is 0.971 bits per heavy atom. The number of benzene rings is 1. The van der Waals surface area contributed by atoms with Crippen molar-refractivity contribution in [3.8, 4) is 0 Å². The van der Waals surface area contributed by atoms with E-state index in [0.717, 1.165) is 6.42 Å². The number of amides is 3. The fourth-order valence-electron chi connectivity index (χ4n) is 4.13. The van der Waals surface area contributed by atoms with Crippen molar-refractivity contribution in [2.75, 3.05) is 25.0 Å². The van der Waals surface area contributed by atoms with Crippen molar-refractivity contribution < 1.29 is 23.9 Å². The Balaban J connectivity index is 1.88. The van der Waals surface area contributed by atoms with Gasteiger partial charge in [-0.1, -0.05) is 51.2 Å². The molecule has 0 aliphatic carbocycles. The molecule has 2 rings (SSSR count). The fourth-order valence-corrected chi connectivity index (χ4v) is 4.13. The molecule has 1 aromatic carbocycles. The Morgan fingerprint density at radius 2 is 1.60 bits per heavy atom. The van der Waals surface area contributed by atoms with Crippen LogP contribution < -0.4 is 10.6 Å². The summed E-state index contributed by atoms with van der Waals surface area (Å²) >= 11 is 0. The van der Waals surface area contributed by atoms with Crippen LogP contribution in [0.5, 0.6) is 0 Å². The highest BCUT2D eigenvalue weighted by molar-refractivity contribution is 5.90. The maximum Gasteiger partial charge on any atom is 0.410 e. The molecule has 8 nitrogen and oxygen atoms in total. The van der Waals surface area contributed by atoms with Gasteiger partial charge in [0.2, 0.25) is 0 Å². The first-order valence-electron chi connectivity index (χ1n) is 12.9. The van der Waals surface area contributed by atoms with Crippen molar-refractivity contribution >= 4 is 23.8 Å². The van der Waals surface area contributed by atoms with E-state index in [1.807, 2.05) is 24.3 Å². The lowest BCUT2D eigenvalue weighted by atomic mass is 9.86. The second-order valence-electron chi connectivity index (χ2n) is 10.4. The molecule has 196 valence electrons. The summed E-state index contributed by atoms with van der Waals surface area (Å²) in [7, 11) is 0. The number of rotatable bonds is 12. The van der Waals surface area contributed by atoms with Gasteiger partial charge in [0.15, 0.2) is 0 Å². The molecule has 0 saturated carbocycles. The largest absolute Gasteiger partial charge is 0.466 e. The summed E-state index contributed by atoms with van der Waals surface area (Å²) in [4.78, 5) is 38.7. The maximum atomic E-state index is 12.7. The summed E-state index contributed by atoms with van der Waals surface area (Å²) in [6, 6.07) is 7.41. The van der Waals surface area contributed by atoms with Crippen molar-refractivity contribution in [3.05, 3.63) is 29.8 Å². The van der Waals surface area contributed by atoms with Crippen molar-refractivity contribution in [1.82, 2.24) is 10.2 Å². The second-order valence-corrected chi connectivity index (χ2v) is 10.4. The molecule has 3 amide bonds. The van der Waals surface area contributed by atoms with Gasteiger partial charge < -0.3 is 25.0 Å². The van der Waals surface area contributed by atoms with Crippen LogP contribution in [0.15, 0.2) is 24.3 Å². The van der Waals surface area contributed by atoms with Gasteiger partial charge in [0.05, 0.1) is 18.6 Å². The van der Waals surface area contributed by atoms with E-state index in [0.29, 0.717) is 5.69 Å². The predicted octanol–water partition coefficient (Wildman–Crippen LogP) is 5.65. The van der Waals surface area contributed by atoms with Crippen LogP contribution in [0.4, 0.5) is 15.3 Å². The van der Waals surface area contributed by atoms with Crippen LogP contribution in [0, 0.1) is 0 Å².